The third-order valence-electron chi connectivity index (χ3n) is 4.60. The highest BCUT2D eigenvalue weighted by atomic mass is 35.5. The van der Waals surface area contributed by atoms with Crippen molar-refractivity contribution in [2.24, 2.45) is 5.73 Å². The Balaban J connectivity index is 1.81. The molecule has 0 bridgehead atoms. The van der Waals surface area contributed by atoms with E-state index in [2.05, 4.69) is 47.2 Å². The van der Waals surface area contributed by atoms with Crippen LogP contribution in [0.1, 0.15) is 35.9 Å². The number of carbonyl (C=O) groups is 1. The fourth-order valence-electron chi connectivity index (χ4n) is 2.91. The molecule has 0 saturated heterocycles. The van der Waals surface area contributed by atoms with Gasteiger partial charge in [0.2, 0.25) is 5.91 Å². The number of amides is 1. The van der Waals surface area contributed by atoms with Crippen molar-refractivity contribution in [3.8, 4) is 0 Å². The number of carbonyl (C=O) groups excluding carboxylic acids is 1. The van der Waals surface area contributed by atoms with Gasteiger partial charge in [-0.3, -0.25) is 4.79 Å². The van der Waals surface area contributed by atoms with Crippen molar-refractivity contribution in [3.05, 3.63) is 45.9 Å². The number of halogens is 1. The highest BCUT2D eigenvalue weighted by molar-refractivity contribution is 7.98. The van der Waals surface area contributed by atoms with Crippen LogP contribution in [0.4, 0.5) is 0 Å². The number of rotatable bonds is 7. The van der Waals surface area contributed by atoms with Gasteiger partial charge in [-0.15, -0.1) is 10.2 Å². The maximum Gasteiger partial charge on any atom is 0.217 e. The molecule has 0 aliphatic rings. The first kappa shape index (κ1) is 19.6. The highest BCUT2D eigenvalue weighted by Crippen LogP contribution is 2.29. The maximum absolute atomic E-state index is 11.0. The van der Waals surface area contributed by atoms with Gasteiger partial charge in [-0.05, 0) is 38.0 Å². The fraction of sp³-hybridized carbons (Fsp3) is 0.368. The van der Waals surface area contributed by atoms with E-state index in [-0.39, 0.29) is 12.3 Å². The minimum absolute atomic E-state index is 0.266. The van der Waals surface area contributed by atoms with Crippen LogP contribution in [-0.2, 0) is 23.5 Å². The summed E-state index contributed by atoms with van der Waals surface area (Å²) in [6, 6.07) is 6.26. The number of pyridine rings is 1. The molecule has 8 heteroatoms. The van der Waals surface area contributed by atoms with Gasteiger partial charge < -0.3 is 10.3 Å². The molecule has 0 saturated carbocycles. The Labute approximate surface area is 167 Å². The van der Waals surface area contributed by atoms with Crippen LogP contribution in [0, 0.1) is 13.8 Å². The van der Waals surface area contributed by atoms with E-state index < -0.39 is 0 Å². The number of hydrogen-bond donors (Lipinski definition) is 1. The van der Waals surface area contributed by atoms with E-state index in [1.165, 1.54) is 5.56 Å². The van der Waals surface area contributed by atoms with Crippen molar-refractivity contribution in [2.75, 3.05) is 0 Å². The topological polar surface area (TPSA) is 86.7 Å². The van der Waals surface area contributed by atoms with Crippen molar-refractivity contribution < 1.29 is 4.79 Å². The average molecular weight is 404 g/mol. The lowest BCUT2D eigenvalue weighted by atomic mass is 10.0. The summed E-state index contributed by atoms with van der Waals surface area (Å²) in [5.41, 5.74) is 9.49. The van der Waals surface area contributed by atoms with Gasteiger partial charge in [0.1, 0.15) is 11.0 Å². The molecule has 1 aromatic carbocycles. The number of aromatic nitrogens is 4. The molecule has 3 aromatic rings. The number of nitrogens with zero attached hydrogens (tertiary/aromatic N) is 4. The highest BCUT2D eigenvalue weighted by Gasteiger charge is 2.14. The first-order valence-corrected chi connectivity index (χ1v) is 10.2. The van der Waals surface area contributed by atoms with Crippen LogP contribution < -0.4 is 5.73 Å². The van der Waals surface area contributed by atoms with Crippen molar-refractivity contribution >= 4 is 40.2 Å². The summed E-state index contributed by atoms with van der Waals surface area (Å²) < 4.78 is 2.00. The predicted octanol–water partition coefficient (Wildman–Crippen LogP) is 3.83. The lowest BCUT2D eigenvalue weighted by molar-refractivity contribution is -0.118. The summed E-state index contributed by atoms with van der Waals surface area (Å²) in [4.78, 5) is 15.6. The number of thioether (sulfide) groups is 1. The van der Waals surface area contributed by atoms with Crippen LogP contribution in [0.5, 0.6) is 0 Å². The molecule has 0 aliphatic carbocycles. The van der Waals surface area contributed by atoms with Crippen LogP contribution in [-0.4, -0.2) is 25.7 Å². The molecule has 2 aromatic heterocycles. The predicted molar refractivity (Wildman–Crippen MR) is 109 cm³/mol. The van der Waals surface area contributed by atoms with Gasteiger partial charge >= 0.3 is 0 Å². The van der Waals surface area contributed by atoms with Gasteiger partial charge in [0.25, 0.3) is 0 Å². The lowest BCUT2D eigenvalue weighted by Gasteiger charge is -2.10. The number of primary amides is 1. The molecule has 142 valence electrons. The Morgan fingerprint density at radius 3 is 2.78 bits per heavy atom. The van der Waals surface area contributed by atoms with Crippen LogP contribution in [0.15, 0.2) is 23.4 Å². The molecule has 0 atom stereocenters. The van der Waals surface area contributed by atoms with Crippen LogP contribution >= 0.6 is 23.4 Å². The first-order valence-electron chi connectivity index (χ1n) is 8.79. The fourth-order valence-corrected chi connectivity index (χ4v) is 4.19. The van der Waals surface area contributed by atoms with Crippen molar-refractivity contribution in [1.82, 2.24) is 19.7 Å². The molecule has 0 unspecified atom stereocenters. The molecule has 0 radical (unpaired) electrons. The van der Waals surface area contributed by atoms with Crippen LogP contribution in [0.25, 0.3) is 10.9 Å². The number of aryl methyl sites for hydroxylation is 3. The maximum atomic E-state index is 11.0. The van der Waals surface area contributed by atoms with E-state index in [9.17, 15) is 4.79 Å². The number of benzene rings is 1. The van der Waals surface area contributed by atoms with E-state index in [1.54, 1.807) is 11.8 Å². The van der Waals surface area contributed by atoms with Crippen molar-refractivity contribution in [1.29, 1.82) is 0 Å². The van der Waals surface area contributed by atoms with Gasteiger partial charge in [-0.25, -0.2) is 4.98 Å². The number of fused-ring (bicyclic) bond motifs is 1. The second-order valence-electron chi connectivity index (χ2n) is 6.42. The minimum atomic E-state index is -0.339. The third-order valence-corrected chi connectivity index (χ3v) is 5.94. The Morgan fingerprint density at radius 2 is 2.07 bits per heavy atom. The van der Waals surface area contributed by atoms with Crippen molar-refractivity contribution in [2.45, 2.75) is 51.1 Å². The van der Waals surface area contributed by atoms with Crippen molar-refractivity contribution in [3.63, 3.8) is 0 Å². The van der Waals surface area contributed by atoms with Gasteiger partial charge in [-0.1, -0.05) is 35.5 Å². The average Bonchev–Trinajstić information content (AvgIpc) is 3.04. The zero-order valence-corrected chi connectivity index (χ0v) is 17.2. The zero-order chi connectivity index (χ0) is 19.6. The molecular formula is C19H22ClN5OS. The number of hydrogen-bond acceptors (Lipinski definition) is 5. The Bertz CT molecular complexity index is 1000. The summed E-state index contributed by atoms with van der Waals surface area (Å²) in [5, 5.41) is 10.9. The van der Waals surface area contributed by atoms with Gasteiger partial charge in [0, 0.05) is 36.1 Å². The summed E-state index contributed by atoms with van der Waals surface area (Å²) in [6.45, 7) is 6.89. The second kappa shape index (κ2) is 8.27. The molecule has 0 fully saturated rings. The summed E-state index contributed by atoms with van der Waals surface area (Å²) in [6.07, 6.45) is 0.760. The standard InChI is InChI=1S/C19H22ClN5OS/c1-4-25-16(8-7-15(21)26)23-24-19(25)27-10-14-9-13-6-5-11(2)12(3)17(13)22-18(14)20/h5-6,9H,4,7-8,10H2,1-3H3,(H2,21,26). The molecule has 27 heavy (non-hydrogen) atoms. The Hall–Kier alpha value is -2.12. The molecule has 6 nitrogen and oxygen atoms in total. The van der Waals surface area contributed by atoms with E-state index >= 15 is 0 Å². The minimum Gasteiger partial charge on any atom is -0.370 e. The second-order valence-corrected chi connectivity index (χ2v) is 7.72. The normalized spacial score (nSPS) is 11.3. The molecule has 0 aliphatic heterocycles. The third kappa shape index (κ3) is 4.25. The largest absolute Gasteiger partial charge is 0.370 e. The number of nitrogens with two attached hydrogens (primary N) is 1. The van der Waals surface area contributed by atoms with Gasteiger partial charge in [-0.2, -0.15) is 0 Å². The van der Waals surface area contributed by atoms with E-state index in [1.807, 2.05) is 11.5 Å². The smallest absolute Gasteiger partial charge is 0.217 e. The summed E-state index contributed by atoms with van der Waals surface area (Å²) in [5.74, 6) is 1.07. The lowest BCUT2D eigenvalue weighted by Crippen LogP contribution is -2.13. The van der Waals surface area contributed by atoms with E-state index in [0.29, 0.717) is 17.3 Å². The molecule has 1 amide bonds. The van der Waals surface area contributed by atoms with Crippen LogP contribution in [0.3, 0.4) is 0 Å². The molecular weight excluding hydrogens is 382 g/mol. The summed E-state index contributed by atoms with van der Waals surface area (Å²) >= 11 is 8.00. The zero-order valence-electron chi connectivity index (χ0n) is 15.6. The molecule has 0 spiro atoms. The van der Waals surface area contributed by atoms with Gasteiger partial charge in [0.15, 0.2) is 5.16 Å². The monoisotopic (exact) mass is 403 g/mol. The Morgan fingerprint density at radius 1 is 1.30 bits per heavy atom. The van der Waals surface area contributed by atoms with E-state index in [4.69, 9.17) is 17.3 Å². The SMILES string of the molecule is CCn1c(CCC(N)=O)nnc1SCc1cc2ccc(C)c(C)c2nc1Cl. The Kier molecular flexibility index (Phi) is 6.01. The molecule has 3 rings (SSSR count). The molecule has 2 heterocycles. The van der Waals surface area contributed by atoms with Crippen LogP contribution in [0.2, 0.25) is 5.15 Å². The molecule has 2 N–H and O–H groups in total. The first-order chi connectivity index (χ1) is 12.9. The quantitative estimate of drug-likeness (QED) is 0.478. The summed E-state index contributed by atoms with van der Waals surface area (Å²) in [7, 11) is 0. The van der Waals surface area contributed by atoms with E-state index in [0.717, 1.165) is 39.6 Å². The van der Waals surface area contributed by atoms with Gasteiger partial charge in [0.05, 0.1) is 5.52 Å².